The van der Waals surface area contributed by atoms with Gasteiger partial charge in [0.1, 0.15) is 11.6 Å². The summed E-state index contributed by atoms with van der Waals surface area (Å²) in [7, 11) is 1.41. The standard InChI is InChI=1S/C15H10ClF4NO2/c1-23-13-5-3-9(7-11(13)16)21-14(22)8-2-4-12(17)10(6-8)15(18,19)20/h2-7H,1H3,(H,21,22). The SMILES string of the molecule is COc1ccc(NC(=O)c2ccc(F)c(C(F)(F)F)c2)cc1Cl. The van der Waals surface area contributed by atoms with Crippen LogP contribution in [0.15, 0.2) is 36.4 Å². The largest absolute Gasteiger partial charge is 0.495 e. The molecule has 0 radical (unpaired) electrons. The van der Waals surface area contributed by atoms with E-state index in [0.29, 0.717) is 17.9 Å². The Kier molecular flexibility index (Phi) is 4.79. The molecule has 0 spiro atoms. The summed E-state index contributed by atoms with van der Waals surface area (Å²) in [5.74, 6) is -1.89. The normalized spacial score (nSPS) is 11.2. The van der Waals surface area contributed by atoms with Crippen LogP contribution in [0.5, 0.6) is 5.75 Å². The van der Waals surface area contributed by atoms with Crippen LogP contribution in [0.3, 0.4) is 0 Å². The monoisotopic (exact) mass is 347 g/mol. The second-order valence-corrected chi connectivity index (χ2v) is 4.90. The van der Waals surface area contributed by atoms with Crippen molar-refractivity contribution >= 4 is 23.2 Å². The summed E-state index contributed by atoms with van der Waals surface area (Å²) >= 11 is 5.89. The van der Waals surface area contributed by atoms with E-state index in [9.17, 15) is 22.4 Å². The summed E-state index contributed by atoms with van der Waals surface area (Å²) in [6, 6.07) is 6.35. The summed E-state index contributed by atoms with van der Waals surface area (Å²) in [5.41, 5.74) is -1.57. The molecule has 1 N–H and O–H groups in total. The molecule has 0 aliphatic heterocycles. The van der Waals surface area contributed by atoms with Crippen molar-refractivity contribution in [3.8, 4) is 5.75 Å². The number of anilines is 1. The first kappa shape index (κ1) is 17.1. The Balaban J connectivity index is 2.26. The first-order chi connectivity index (χ1) is 10.7. The molecular formula is C15H10ClF4NO2. The molecule has 0 aliphatic carbocycles. The fraction of sp³-hybridized carbons (Fsp3) is 0.133. The van der Waals surface area contributed by atoms with E-state index in [0.717, 1.165) is 6.07 Å². The molecule has 23 heavy (non-hydrogen) atoms. The number of nitrogens with one attached hydrogen (secondary N) is 1. The molecule has 2 aromatic rings. The third-order valence-corrected chi connectivity index (χ3v) is 3.24. The van der Waals surface area contributed by atoms with Crippen molar-refractivity contribution in [3.05, 3.63) is 58.4 Å². The quantitative estimate of drug-likeness (QED) is 0.813. The van der Waals surface area contributed by atoms with Crippen molar-refractivity contribution in [3.63, 3.8) is 0 Å². The Bertz CT molecular complexity index is 747. The highest BCUT2D eigenvalue weighted by Crippen LogP contribution is 2.32. The van der Waals surface area contributed by atoms with Gasteiger partial charge in [0.2, 0.25) is 0 Å². The lowest BCUT2D eigenvalue weighted by molar-refractivity contribution is -0.140. The zero-order valence-electron chi connectivity index (χ0n) is 11.7. The summed E-state index contributed by atoms with van der Waals surface area (Å²) in [6.07, 6.45) is -4.89. The maximum Gasteiger partial charge on any atom is 0.419 e. The van der Waals surface area contributed by atoms with Gasteiger partial charge in [-0.05, 0) is 36.4 Å². The van der Waals surface area contributed by atoms with Gasteiger partial charge in [0, 0.05) is 11.3 Å². The van der Waals surface area contributed by atoms with Gasteiger partial charge >= 0.3 is 6.18 Å². The topological polar surface area (TPSA) is 38.3 Å². The molecule has 0 aliphatic rings. The number of carbonyl (C=O) groups excluding carboxylic acids is 1. The first-order valence-electron chi connectivity index (χ1n) is 6.24. The first-order valence-corrected chi connectivity index (χ1v) is 6.62. The molecule has 0 atom stereocenters. The van der Waals surface area contributed by atoms with Crippen LogP contribution in [0.2, 0.25) is 5.02 Å². The van der Waals surface area contributed by atoms with Crippen LogP contribution in [0.4, 0.5) is 23.2 Å². The minimum absolute atomic E-state index is 0.223. The molecule has 8 heteroatoms. The van der Waals surface area contributed by atoms with Crippen LogP contribution in [-0.4, -0.2) is 13.0 Å². The number of carbonyl (C=O) groups is 1. The number of hydrogen-bond donors (Lipinski definition) is 1. The highest BCUT2D eigenvalue weighted by molar-refractivity contribution is 6.32. The van der Waals surface area contributed by atoms with Gasteiger partial charge in [0.05, 0.1) is 17.7 Å². The molecule has 122 valence electrons. The van der Waals surface area contributed by atoms with Crippen molar-refractivity contribution in [2.45, 2.75) is 6.18 Å². The molecule has 1 amide bonds. The van der Waals surface area contributed by atoms with E-state index in [2.05, 4.69) is 5.32 Å². The smallest absolute Gasteiger partial charge is 0.419 e. The molecule has 0 aromatic heterocycles. The van der Waals surface area contributed by atoms with Crippen LogP contribution >= 0.6 is 11.6 Å². The maximum absolute atomic E-state index is 13.2. The van der Waals surface area contributed by atoms with Gasteiger partial charge in [-0.1, -0.05) is 11.6 Å². The van der Waals surface area contributed by atoms with E-state index in [1.165, 1.54) is 25.3 Å². The molecule has 3 nitrogen and oxygen atoms in total. The van der Waals surface area contributed by atoms with E-state index in [-0.39, 0.29) is 16.3 Å². The average molecular weight is 348 g/mol. The van der Waals surface area contributed by atoms with Crippen LogP contribution in [-0.2, 0) is 6.18 Å². The van der Waals surface area contributed by atoms with Crippen molar-refractivity contribution in [1.29, 1.82) is 0 Å². The maximum atomic E-state index is 13.2. The van der Waals surface area contributed by atoms with Crippen molar-refractivity contribution in [2.24, 2.45) is 0 Å². The fourth-order valence-electron chi connectivity index (χ4n) is 1.83. The summed E-state index contributed by atoms with van der Waals surface area (Å²) in [5, 5.41) is 2.60. The van der Waals surface area contributed by atoms with Crippen LogP contribution < -0.4 is 10.1 Å². The minimum atomic E-state index is -4.89. The Morgan fingerprint density at radius 1 is 1.17 bits per heavy atom. The number of rotatable bonds is 3. The third-order valence-electron chi connectivity index (χ3n) is 2.94. The van der Waals surface area contributed by atoms with E-state index in [4.69, 9.17) is 16.3 Å². The van der Waals surface area contributed by atoms with Crippen LogP contribution in [0.1, 0.15) is 15.9 Å². The van der Waals surface area contributed by atoms with Gasteiger partial charge in [-0.2, -0.15) is 13.2 Å². The van der Waals surface area contributed by atoms with Crippen LogP contribution in [0.25, 0.3) is 0 Å². The number of alkyl halides is 3. The predicted molar refractivity (Wildman–Crippen MR) is 77.4 cm³/mol. The van der Waals surface area contributed by atoms with Crippen molar-refractivity contribution in [1.82, 2.24) is 0 Å². The number of hydrogen-bond acceptors (Lipinski definition) is 2. The van der Waals surface area contributed by atoms with Gasteiger partial charge in [0.25, 0.3) is 5.91 Å². The molecule has 0 saturated carbocycles. The van der Waals surface area contributed by atoms with E-state index < -0.39 is 23.5 Å². The van der Waals surface area contributed by atoms with Gasteiger partial charge < -0.3 is 10.1 Å². The molecule has 2 aromatic carbocycles. The molecule has 0 heterocycles. The number of methoxy groups -OCH3 is 1. The highest BCUT2D eigenvalue weighted by atomic mass is 35.5. The summed E-state index contributed by atoms with van der Waals surface area (Å²) in [6.45, 7) is 0. The summed E-state index contributed by atoms with van der Waals surface area (Å²) < 4.78 is 56.1. The van der Waals surface area contributed by atoms with Gasteiger partial charge in [-0.3, -0.25) is 4.79 Å². The van der Waals surface area contributed by atoms with Gasteiger partial charge in [-0.15, -0.1) is 0 Å². The Morgan fingerprint density at radius 2 is 1.87 bits per heavy atom. The van der Waals surface area contributed by atoms with E-state index in [1.807, 2.05) is 0 Å². The molecular weight excluding hydrogens is 338 g/mol. The minimum Gasteiger partial charge on any atom is -0.495 e. The number of halogens is 5. The summed E-state index contributed by atoms with van der Waals surface area (Å²) in [4.78, 5) is 12.0. The number of amides is 1. The molecule has 0 bridgehead atoms. The Hall–Kier alpha value is -2.28. The average Bonchev–Trinajstić information content (AvgIpc) is 2.46. The second-order valence-electron chi connectivity index (χ2n) is 4.50. The predicted octanol–water partition coefficient (Wildman–Crippen LogP) is 4.76. The fourth-order valence-corrected chi connectivity index (χ4v) is 2.09. The second kappa shape index (κ2) is 6.45. The molecule has 0 saturated heterocycles. The lowest BCUT2D eigenvalue weighted by Gasteiger charge is -2.11. The lowest BCUT2D eigenvalue weighted by atomic mass is 10.1. The van der Waals surface area contributed by atoms with Crippen molar-refractivity contribution < 1.29 is 27.1 Å². The zero-order valence-corrected chi connectivity index (χ0v) is 12.4. The van der Waals surface area contributed by atoms with Crippen LogP contribution in [0, 0.1) is 5.82 Å². The van der Waals surface area contributed by atoms with Gasteiger partial charge in [-0.25, -0.2) is 4.39 Å². The number of benzene rings is 2. The third kappa shape index (κ3) is 3.92. The van der Waals surface area contributed by atoms with E-state index >= 15 is 0 Å². The molecule has 2 rings (SSSR count). The van der Waals surface area contributed by atoms with E-state index in [1.54, 1.807) is 0 Å². The van der Waals surface area contributed by atoms with Gasteiger partial charge in [0.15, 0.2) is 0 Å². The number of ether oxygens (including phenoxy) is 1. The lowest BCUT2D eigenvalue weighted by Crippen LogP contribution is -2.15. The molecule has 0 unspecified atom stereocenters. The molecule has 0 fully saturated rings. The highest BCUT2D eigenvalue weighted by Gasteiger charge is 2.34. The Labute approximate surface area is 133 Å². The zero-order chi connectivity index (χ0) is 17.2. The Morgan fingerprint density at radius 3 is 2.43 bits per heavy atom. The van der Waals surface area contributed by atoms with Crippen molar-refractivity contribution in [2.75, 3.05) is 12.4 Å².